The zero-order valence-corrected chi connectivity index (χ0v) is 13.8. The second-order valence-electron chi connectivity index (χ2n) is 4.73. The van der Waals surface area contributed by atoms with Crippen LogP contribution in [0.1, 0.15) is 19.1 Å². The number of hydrogen-bond donors (Lipinski definition) is 1. The van der Waals surface area contributed by atoms with E-state index in [2.05, 4.69) is 21.2 Å². The summed E-state index contributed by atoms with van der Waals surface area (Å²) < 4.78 is 5.97. The summed E-state index contributed by atoms with van der Waals surface area (Å²) in [4.78, 5) is 25.3. The number of nitrogens with zero attached hydrogens (tertiary/aromatic N) is 1. The first-order valence-corrected chi connectivity index (χ1v) is 7.69. The maximum atomic E-state index is 11.9. The third-order valence-corrected chi connectivity index (χ3v) is 3.80. The number of hydrogen-bond acceptors (Lipinski definition) is 3. The second-order valence-corrected chi connectivity index (χ2v) is 5.58. The Hall–Kier alpha value is -2.08. The Kier molecular flexibility index (Phi) is 5.77. The van der Waals surface area contributed by atoms with Gasteiger partial charge >= 0.3 is 0 Å². The summed E-state index contributed by atoms with van der Waals surface area (Å²) in [5, 5.41) is 2.76. The van der Waals surface area contributed by atoms with E-state index in [1.807, 2.05) is 24.3 Å². The van der Waals surface area contributed by atoms with E-state index in [0.717, 1.165) is 10.2 Å². The minimum Gasteiger partial charge on any atom is -0.467 e. The number of nitrogens with one attached hydrogen (secondary N) is 1. The summed E-state index contributed by atoms with van der Waals surface area (Å²) >= 11 is 3.42. The molecule has 0 atom stereocenters. The van der Waals surface area contributed by atoms with E-state index in [1.54, 1.807) is 23.3 Å². The van der Waals surface area contributed by atoms with Gasteiger partial charge in [0.2, 0.25) is 11.8 Å². The molecule has 0 bridgehead atoms. The van der Waals surface area contributed by atoms with E-state index in [1.165, 1.54) is 6.92 Å². The van der Waals surface area contributed by atoms with E-state index in [-0.39, 0.29) is 18.2 Å². The van der Waals surface area contributed by atoms with Gasteiger partial charge in [-0.1, -0.05) is 12.1 Å². The molecular weight excluding hydrogens is 348 g/mol. The Balaban J connectivity index is 1.91. The average molecular weight is 365 g/mol. The Morgan fingerprint density at radius 2 is 2.00 bits per heavy atom. The molecule has 0 unspecified atom stereocenters. The van der Waals surface area contributed by atoms with Gasteiger partial charge in [0.05, 0.1) is 18.5 Å². The number of carbonyl (C=O) groups is 2. The molecule has 0 aliphatic carbocycles. The van der Waals surface area contributed by atoms with E-state index in [9.17, 15) is 9.59 Å². The van der Waals surface area contributed by atoms with Crippen molar-refractivity contribution in [2.75, 3.05) is 11.4 Å². The van der Waals surface area contributed by atoms with Gasteiger partial charge < -0.3 is 14.6 Å². The van der Waals surface area contributed by atoms with E-state index >= 15 is 0 Å². The van der Waals surface area contributed by atoms with Crippen LogP contribution in [0.2, 0.25) is 0 Å². The van der Waals surface area contributed by atoms with Gasteiger partial charge in [-0.15, -0.1) is 0 Å². The minimum absolute atomic E-state index is 0.106. The van der Waals surface area contributed by atoms with Crippen LogP contribution in [0, 0.1) is 0 Å². The minimum atomic E-state index is -0.130. The maximum absolute atomic E-state index is 11.9. The highest BCUT2D eigenvalue weighted by Crippen LogP contribution is 2.25. The summed E-state index contributed by atoms with van der Waals surface area (Å²) in [6.07, 6.45) is 1.79. The molecule has 0 aliphatic heterocycles. The lowest BCUT2D eigenvalue weighted by Gasteiger charge is -2.22. The van der Waals surface area contributed by atoms with E-state index < -0.39 is 0 Å². The van der Waals surface area contributed by atoms with E-state index in [0.29, 0.717) is 18.8 Å². The fourth-order valence-electron chi connectivity index (χ4n) is 2.02. The summed E-state index contributed by atoms with van der Waals surface area (Å²) in [6.45, 7) is 2.16. The molecule has 0 spiro atoms. The topological polar surface area (TPSA) is 62.6 Å². The molecule has 2 amide bonds. The van der Waals surface area contributed by atoms with Gasteiger partial charge in [0.15, 0.2) is 0 Å². The first kappa shape index (κ1) is 16.3. The SMILES string of the molecule is CC(=O)N(CCC(=O)NCc1ccco1)c1ccccc1Br. The van der Waals surface area contributed by atoms with Gasteiger partial charge in [-0.3, -0.25) is 9.59 Å². The molecule has 0 fully saturated rings. The quantitative estimate of drug-likeness (QED) is 0.856. The zero-order valence-electron chi connectivity index (χ0n) is 12.2. The van der Waals surface area contributed by atoms with Crippen LogP contribution in [0.5, 0.6) is 0 Å². The molecule has 5 nitrogen and oxygen atoms in total. The van der Waals surface area contributed by atoms with Crippen molar-refractivity contribution in [3.8, 4) is 0 Å². The van der Waals surface area contributed by atoms with Gasteiger partial charge in [-0.2, -0.15) is 0 Å². The van der Waals surface area contributed by atoms with Crippen molar-refractivity contribution in [2.24, 2.45) is 0 Å². The molecule has 22 heavy (non-hydrogen) atoms. The predicted octanol–water partition coefficient (Wildman–Crippen LogP) is 3.10. The fourth-order valence-corrected chi connectivity index (χ4v) is 2.52. The molecular formula is C16H17BrN2O3. The first-order valence-electron chi connectivity index (χ1n) is 6.89. The normalized spacial score (nSPS) is 10.3. The zero-order chi connectivity index (χ0) is 15.9. The molecule has 0 saturated carbocycles. The van der Waals surface area contributed by atoms with Crippen LogP contribution in [-0.4, -0.2) is 18.4 Å². The number of amides is 2. The Morgan fingerprint density at radius 3 is 2.64 bits per heavy atom. The molecule has 1 aromatic carbocycles. The van der Waals surface area contributed by atoms with E-state index in [4.69, 9.17) is 4.42 Å². The number of anilines is 1. The average Bonchev–Trinajstić information content (AvgIpc) is 3.00. The highest BCUT2D eigenvalue weighted by atomic mass is 79.9. The monoisotopic (exact) mass is 364 g/mol. The van der Waals surface area contributed by atoms with Crippen LogP contribution >= 0.6 is 15.9 Å². The van der Waals surface area contributed by atoms with Crippen molar-refractivity contribution in [3.63, 3.8) is 0 Å². The van der Waals surface area contributed by atoms with Crippen molar-refractivity contribution in [1.82, 2.24) is 5.32 Å². The fraction of sp³-hybridized carbons (Fsp3) is 0.250. The van der Waals surface area contributed by atoms with Crippen molar-refractivity contribution in [3.05, 3.63) is 52.9 Å². The lowest BCUT2D eigenvalue weighted by atomic mass is 10.2. The van der Waals surface area contributed by atoms with Crippen LogP contribution in [0.3, 0.4) is 0 Å². The predicted molar refractivity (Wildman–Crippen MR) is 87.3 cm³/mol. The molecule has 0 radical (unpaired) electrons. The second kappa shape index (κ2) is 7.79. The number of halogens is 1. The summed E-state index contributed by atoms with van der Waals surface area (Å²) in [5.41, 5.74) is 0.758. The molecule has 0 aliphatic rings. The molecule has 116 valence electrons. The van der Waals surface area contributed by atoms with Crippen molar-refractivity contribution >= 4 is 33.4 Å². The lowest BCUT2D eigenvalue weighted by molar-refractivity contribution is -0.121. The molecule has 2 rings (SSSR count). The molecule has 6 heteroatoms. The van der Waals surface area contributed by atoms with Gasteiger partial charge in [0, 0.05) is 24.4 Å². The summed E-state index contributed by atoms with van der Waals surface area (Å²) in [6, 6.07) is 11.0. The molecule has 2 aromatic rings. The van der Waals surface area contributed by atoms with Crippen LogP contribution in [0.25, 0.3) is 0 Å². The number of furan rings is 1. The Labute approximate surface area is 137 Å². The molecule has 1 N–H and O–H groups in total. The van der Waals surface area contributed by atoms with Crippen LogP contribution < -0.4 is 10.2 Å². The number of carbonyl (C=O) groups excluding carboxylic acids is 2. The standard InChI is InChI=1S/C16H17BrN2O3/c1-12(20)19(15-7-3-2-6-14(15)17)9-8-16(21)18-11-13-5-4-10-22-13/h2-7,10H,8-9,11H2,1H3,(H,18,21). The third kappa shape index (κ3) is 4.46. The largest absolute Gasteiger partial charge is 0.467 e. The van der Waals surface area contributed by atoms with Gasteiger partial charge in [-0.05, 0) is 40.2 Å². The molecule has 1 aromatic heterocycles. The van der Waals surface area contributed by atoms with Gasteiger partial charge in [0.1, 0.15) is 5.76 Å². The number of para-hydroxylation sites is 1. The Bertz CT molecular complexity index is 641. The smallest absolute Gasteiger partial charge is 0.223 e. The highest BCUT2D eigenvalue weighted by Gasteiger charge is 2.15. The number of benzene rings is 1. The summed E-state index contributed by atoms with van der Waals surface area (Å²) in [7, 11) is 0. The third-order valence-electron chi connectivity index (χ3n) is 3.13. The van der Waals surface area contributed by atoms with Crippen LogP contribution in [0.15, 0.2) is 51.6 Å². The van der Waals surface area contributed by atoms with Crippen LogP contribution in [-0.2, 0) is 16.1 Å². The maximum Gasteiger partial charge on any atom is 0.223 e. The van der Waals surface area contributed by atoms with Crippen molar-refractivity contribution in [2.45, 2.75) is 19.9 Å². The first-order chi connectivity index (χ1) is 10.6. The summed E-state index contributed by atoms with van der Waals surface area (Å²) in [5.74, 6) is 0.461. The van der Waals surface area contributed by atoms with Gasteiger partial charge in [0.25, 0.3) is 0 Å². The molecule has 0 saturated heterocycles. The highest BCUT2D eigenvalue weighted by molar-refractivity contribution is 9.10. The lowest BCUT2D eigenvalue weighted by Crippen LogP contribution is -2.33. The van der Waals surface area contributed by atoms with Crippen molar-refractivity contribution in [1.29, 1.82) is 0 Å². The molecule has 1 heterocycles. The van der Waals surface area contributed by atoms with Crippen molar-refractivity contribution < 1.29 is 14.0 Å². The van der Waals surface area contributed by atoms with Gasteiger partial charge in [-0.25, -0.2) is 0 Å². The Morgan fingerprint density at radius 1 is 1.23 bits per heavy atom. The van der Waals surface area contributed by atoms with Crippen LogP contribution in [0.4, 0.5) is 5.69 Å². The number of rotatable bonds is 6.